The monoisotopic (exact) mass is 395 g/mol. The Morgan fingerprint density at radius 1 is 1.10 bits per heavy atom. The van der Waals surface area contributed by atoms with Crippen LogP contribution in [-0.4, -0.2) is 34.8 Å². The lowest BCUT2D eigenvalue weighted by atomic mass is 10.2. The maximum absolute atomic E-state index is 12.1. The SMILES string of the molecule is CC(=O)NCCc1nc2cc(NC(=O)NCOc3ccc(C)cc3)ccc2n1C. The maximum Gasteiger partial charge on any atom is 0.321 e. The fraction of sp³-hybridized carbons (Fsp3) is 0.286. The van der Waals surface area contributed by atoms with Crippen LogP contribution in [0.25, 0.3) is 11.0 Å². The fourth-order valence-electron chi connectivity index (χ4n) is 2.90. The van der Waals surface area contributed by atoms with E-state index in [2.05, 4.69) is 20.9 Å². The van der Waals surface area contributed by atoms with Crippen LogP contribution in [0.3, 0.4) is 0 Å². The molecule has 0 atom stereocenters. The topological polar surface area (TPSA) is 97.3 Å². The summed E-state index contributed by atoms with van der Waals surface area (Å²) >= 11 is 0. The van der Waals surface area contributed by atoms with Crippen molar-refractivity contribution in [2.75, 3.05) is 18.6 Å². The second kappa shape index (κ2) is 9.09. The molecule has 3 N–H and O–H groups in total. The molecule has 3 amide bonds. The number of carbonyl (C=O) groups excluding carboxylic acids is 2. The average molecular weight is 395 g/mol. The van der Waals surface area contributed by atoms with Crippen LogP contribution in [0, 0.1) is 6.92 Å². The van der Waals surface area contributed by atoms with Crippen molar-refractivity contribution in [1.82, 2.24) is 20.2 Å². The Morgan fingerprint density at radius 2 is 1.86 bits per heavy atom. The molecule has 152 valence electrons. The first-order valence-corrected chi connectivity index (χ1v) is 9.36. The van der Waals surface area contributed by atoms with Gasteiger partial charge in [0.05, 0.1) is 11.0 Å². The molecule has 0 aliphatic heterocycles. The van der Waals surface area contributed by atoms with Crippen molar-refractivity contribution in [2.45, 2.75) is 20.3 Å². The minimum Gasteiger partial charge on any atom is -0.473 e. The molecule has 2 aromatic carbocycles. The molecule has 3 aromatic rings. The van der Waals surface area contributed by atoms with Crippen LogP contribution in [0.15, 0.2) is 42.5 Å². The zero-order valence-electron chi connectivity index (χ0n) is 16.8. The number of nitrogens with one attached hydrogen (secondary N) is 3. The molecule has 3 rings (SSSR count). The first-order chi connectivity index (χ1) is 13.9. The van der Waals surface area contributed by atoms with Crippen LogP contribution in [0.1, 0.15) is 18.3 Å². The number of aromatic nitrogens is 2. The number of fused-ring (bicyclic) bond motifs is 1. The van der Waals surface area contributed by atoms with Gasteiger partial charge in [0.2, 0.25) is 5.91 Å². The highest BCUT2D eigenvalue weighted by Crippen LogP contribution is 2.20. The van der Waals surface area contributed by atoms with Gasteiger partial charge in [-0.3, -0.25) is 4.79 Å². The summed E-state index contributed by atoms with van der Waals surface area (Å²) in [5, 5.41) is 8.21. The molecule has 1 aromatic heterocycles. The summed E-state index contributed by atoms with van der Waals surface area (Å²) in [5.41, 5.74) is 3.51. The van der Waals surface area contributed by atoms with Gasteiger partial charge in [-0.05, 0) is 37.3 Å². The Hall–Kier alpha value is -3.55. The summed E-state index contributed by atoms with van der Waals surface area (Å²) < 4.78 is 7.48. The average Bonchev–Trinajstić information content (AvgIpc) is 2.98. The van der Waals surface area contributed by atoms with E-state index < -0.39 is 0 Å². The molecular formula is C21H25N5O3. The standard InChI is InChI=1S/C21H25N5O3/c1-14-4-7-17(8-5-14)29-13-23-21(28)24-16-6-9-19-18(12-16)25-20(26(19)3)10-11-22-15(2)27/h4-9,12H,10-11,13H2,1-3H3,(H,22,27)(H2,23,24,28). The van der Waals surface area contributed by atoms with Gasteiger partial charge >= 0.3 is 6.03 Å². The van der Waals surface area contributed by atoms with E-state index in [1.165, 1.54) is 6.92 Å². The van der Waals surface area contributed by atoms with Crippen LogP contribution in [0.5, 0.6) is 5.75 Å². The third-order valence-electron chi connectivity index (χ3n) is 4.45. The number of ether oxygens (including phenoxy) is 1. The number of amides is 3. The Balaban J connectivity index is 1.55. The van der Waals surface area contributed by atoms with E-state index in [-0.39, 0.29) is 18.7 Å². The first kappa shape index (κ1) is 20.2. The lowest BCUT2D eigenvalue weighted by molar-refractivity contribution is -0.118. The third kappa shape index (κ3) is 5.47. The molecule has 0 aliphatic rings. The van der Waals surface area contributed by atoms with Gasteiger partial charge in [0, 0.05) is 32.6 Å². The molecule has 0 radical (unpaired) electrons. The van der Waals surface area contributed by atoms with Gasteiger partial charge in [-0.1, -0.05) is 17.7 Å². The number of anilines is 1. The number of nitrogens with zero attached hydrogens (tertiary/aromatic N) is 2. The van der Waals surface area contributed by atoms with Crippen molar-refractivity contribution < 1.29 is 14.3 Å². The van der Waals surface area contributed by atoms with Gasteiger partial charge in [0.1, 0.15) is 11.6 Å². The third-order valence-corrected chi connectivity index (χ3v) is 4.45. The molecule has 0 unspecified atom stereocenters. The van der Waals surface area contributed by atoms with Crippen molar-refractivity contribution >= 4 is 28.7 Å². The highest BCUT2D eigenvalue weighted by molar-refractivity contribution is 5.92. The summed E-state index contributed by atoms with van der Waals surface area (Å²) in [4.78, 5) is 27.7. The van der Waals surface area contributed by atoms with Gasteiger partial charge in [-0.2, -0.15) is 0 Å². The van der Waals surface area contributed by atoms with Gasteiger partial charge < -0.3 is 25.3 Å². The number of benzene rings is 2. The van der Waals surface area contributed by atoms with Crippen LogP contribution in [-0.2, 0) is 18.3 Å². The van der Waals surface area contributed by atoms with Gasteiger partial charge in [-0.15, -0.1) is 0 Å². The fourth-order valence-corrected chi connectivity index (χ4v) is 2.90. The van der Waals surface area contributed by atoms with E-state index >= 15 is 0 Å². The first-order valence-electron chi connectivity index (χ1n) is 9.36. The quantitative estimate of drug-likeness (QED) is 0.536. The van der Waals surface area contributed by atoms with E-state index in [1.807, 2.05) is 61.0 Å². The smallest absolute Gasteiger partial charge is 0.321 e. The van der Waals surface area contributed by atoms with Crippen molar-refractivity contribution in [1.29, 1.82) is 0 Å². The van der Waals surface area contributed by atoms with Gasteiger partial charge in [-0.25, -0.2) is 9.78 Å². The summed E-state index contributed by atoms with van der Waals surface area (Å²) in [6.45, 7) is 4.08. The van der Waals surface area contributed by atoms with Crippen molar-refractivity contribution in [3.8, 4) is 5.75 Å². The van der Waals surface area contributed by atoms with Crippen LogP contribution in [0.4, 0.5) is 10.5 Å². The molecule has 0 saturated carbocycles. The lowest BCUT2D eigenvalue weighted by Gasteiger charge is -2.09. The Bertz CT molecular complexity index is 1010. The Kier molecular flexibility index (Phi) is 6.33. The minimum absolute atomic E-state index is 0.0624. The number of aryl methyl sites for hydroxylation is 2. The molecule has 8 nitrogen and oxygen atoms in total. The van der Waals surface area contributed by atoms with Crippen LogP contribution < -0.4 is 20.7 Å². The molecule has 0 aliphatic carbocycles. The molecule has 0 fully saturated rings. The van der Waals surface area contributed by atoms with Crippen molar-refractivity contribution in [2.24, 2.45) is 7.05 Å². The van der Waals surface area contributed by atoms with Gasteiger partial charge in [0.25, 0.3) is 0 Å². The molecule has 8 heteroatoms. The van der Waals surface area contributed by atoms with E-state index in [1.54, 1.807) is 0 Å². The van der Waals surface area contributed by atoms with E-state index in [0.717, 1.165) is 22.4 Å². The minimum atomic E-state index is -0.363. The molecule has 0 spiro atoms. The molecule has 0 bridgehead atoms. The number of hydrogen-bond donors (Lipinski definition) is 3. The maximum atomic E-state index is 12.1. The molecule has 0 saturated heterocycles. The number of carbonyl (C=O) groups is 2. The highest BCUT2D eigenvalue weighted by atomic mass is 16.5. The van der Waals surface area contributed by atoms with Crippen molar-refractivity contribution in [3.63, 3.8) is 0 Å². The number of rotatable bonds is 7. The van der Waals surface area contributed by atoms with Gasteiger partial charge in [0.15, 0.2) is 6.73 Å². The Labute approximate surface area is 169 Å². The van der Waals surface area contributed by atoms with Crippen LogP contribution >= 0.6 is 0 Å². The normalized spacial score (nSPS) is 10.6. The summed E-state index contributed by atoms with van der Waals surface area (Å²) in [7, 11) is 1.93. The molecule has 29 heavy (non-hydrogen) atoms. The number of imidazole rings is 1. The number of urea groups is 1. The van der Waals surface area contributed by atoms with E-state index in [9.17, 15) is 9.59 Å². The zero-order chi connectivity index (χ0) is 20.8. The number of hydrogen-bond acceptors (Lipinski definition) is 4. The van der Waals surface area contributed by atoms with E-state index in [4.69, 9.17) is 4.74 Å². The predicted molar refractivity (Wildman–Crippen MR) is 112 cm³/mol. The predicted octanol–water partition coefficient (Wildman–Crippen LogP) is 2.72. The second-order valence-corrected chi connectivity index (χ2v) is 6.76. The Morgan fingerprint density at radius 3 is 2.59 bits per heavy atom. The van der Waals surface area contributed by atoms with Crippen LogP contribution in [0.2, 0.25) is 0 Å². The molecular weight excluding hydrogens is 370 g/mol. The van der Waals surface area contributed by atoms with Crippen molar-refractivity contribution in [3.05, 3.63) is 53.9 Å². The second-order valence-electron chi connectivity index (χ2n) is 6.76. The largest absolute Gasteiger partial charge is 0.473 e. The van der Waals surface area contributed by atoms with E-state index in [0.29, 0.717) is 24.4 Å². The lowest BCUT2D eigenvalue weighted by Crippen LogP contribution is -2.31. The summed E-state index contributed by atoms with van der Waals surface area (Å²) in [6, 6.07) is 12.8. The zero-order valence-corrected chi connectivity index (χ0v) is 16.8. The molecule has 1 heterocycles. The highest BCUT2D eigenvalue weighted by Gasteiger charge is 2.10. The summed E-state index contributed by atoms with van der Waals surface area (Å²) in [6.07, 6.45) is 0.629. The summed E-state index contributed by atoms with van der Waals surface area (Å²) in [5.74, 6) is 1.49.